The first-order valence-corrected chi connectivity index (χ1v) is 5.53. The number of hydrogen-bond donors (Lipinski definition) is 1. The SMILES string of the molecule is N#Cc1ccc(NCc2ccc(Cl)o2)cc1C#N. The quantitative estimate of drug-likeness (QED) is 0.916. The lowest BCUT2D eigenvalue weighted by Gasteiger charge is -2.05. The molecule has 2 rings (SSSR count). The number of anilines is 1. The molecule has 18 heavy (non-hydrogen) atoms. The number of furan rings is 1. The average Bonchev–Trinajstić information content (AvgIpc) is 2.81. The van der Waals surface area contributed by atoms with E-state index >= 15 is 0 Å². The molecule has 0 aliphatic carbocycles. The summed E-state index contributed by atoms with van der Waals surface area (Å²) in [6.45, 7) is 0.462. The molecule has 1 N–H and O–H groups in total. The van der Waals surface area contributed by atoms with Gasteiger partial charge < -0.3 is 9.73 Å². The zero-order valence-electron chi connectivity index (χ0n) is 9.27. The largest absolute Gasteiger partial charge is 0.448 e. The minimum Gasteiger partial charge on any atom is -0.448 e. The molecule has 0 atom stereocenters. The van der Waals surface area contributed by atoms with Gasteiger partial charge in [0.25, 0.3) is 0 Å². The van der Waals surface area contributed by atoms with Crippen molar-refractivity contribution >= 4 is 17.3 Å². The number of rotatable bonds is 3. The molecule has 0 aliphatic rings. The highest BCUT2D eigenvalue weighted by atomic mass is 35.5. The Hall–Kier alpha value is -2.43. The maximum Gasteiger partial charge on any atom is 0.193 e. The van der Waals surface area contributed by atoms with E-state index in [1.54, 1.807) is 30.3 Å². The van der Waals surface area contributed by atoms with Crippen LogP contribution in [0.3, 0.4) is 0 Å². The van der Waals surface area contributed by atoms with Gasteiger partial charge in [0.1, 0.15) is 17.9 Å². The van der Waals surface area contributed by atoms with Crippen LogP contribution in [0.2, 0.25) is 5.22 Å². The number of nitrogens with one attached hydrogen (secondary N) is 1. The van der Waals surface area contributed by atoms with E-state index < -0.39 is 0 Å². The van der Waals surface area contributed by atoms with Crippen molar-refractivity contribution < 1.29 is 4.42 Å². The molecule has 2 aromatic rings. The van der Waals surface area contributed by atoms with Crippen molar-refractivity contribution in [2.75, 3.05) is 5.32 Å². The molecule has 0 amide bonds. The van der Waals surface area contributed by atoms with E-state index in [4.69, 9.17) is 26.5 Å². The average molecular weight is 258 g/mol. The van der Waals surface area contributed by atoms with Crippen LogP contribution in [0, 0.1) is 22.7 Å². The first-order chi connectivity index (χ1) is 8.72. The lowest BCUT2D eigenvalue weighted by Crippen LogP contribution is -1.98. The zero-order valence-corrected chi connectivity index (χ0v) is 10.0. The van der Waals surface area contributed by atoms with Gasteiger partial charge in [-0.3, -0.25) is 0 Å². The molecule has 0 saturated heterocycles. The summed E-state index contributed by atoms with van der Waals surface area (Å²) in [7, 11) is 0. The number of benzene rings is 1. The first kappa shape index (κ1) is 12.0. The molecule has 0 saturated carbocycles. The third kappa shape index (κ3) is 2.63. The van der Waals surface area contributed by atoms with Gasteiger partial charge >= 0.3 is 0 Å². The van der Waals surface area contributed by atoms with Crippen LogP contribution >= 0.6 is 11.6 Å². The predicted molar refractivity (Wildman–Crippen MR) is 66.9 cm³/mol. The molecule has 1 heterocycles. The van der Waals surface area contributed by atoms with E-state index in [2.05, 4.69) is 5.32 Å². The summed E-state index contributed by atoms with van der Waals surface area (Å²) < 4.78 is 5.19. The Kier molecular flexibility index (Phi) is 3.52. The molecule has 0 aliphatic heterocycles. The molecular weight excluding hydrogens is 250 g/mol. The Labute approximate surface area is 109 Å². The highest BCUT2D eigenvalue weighted by Gasteiger charge is 2.04. The Bertz CT molecular complexity index is 649. The molecule has 0 spiro atoms. The molecular formula is C13H8ClN3O. The van der Waals surface area contributed by atoms with Crippen molar-refractivity contribution in [2.24, 2.45) is 0 Å². The van der Waals surface area contributed by atoms with Gasteiger partial charge in [-0.25, -0.2) is 0 Å². The fraction of sp³-hybridized carbons (Fsp3) is 0.0769. The topological polar surface area (TPSA) is 72.8 Å². The van der Waals surface area contributed by atoms with Gasteiger partial charge in [0.15, 0.2) is 5.22 Å². The van der Waals surface area contributed by atoms with Gasteiger partial charge in [-0.15, -0.1) is 0 Å². The van der Waals surface area contributed by atoms with Crippen LogP contribution in [0.1, 0.15) is 16.9 Å². The Morgan fingerprint density at radius 3 is 2.50 bits per heavy atom. The second kappa shape index (κ2) is 5.27. The van der Waals surface area contributed by atoms with Crippen LogP contribution < -0.4 is 5.32 Å². The molecule has 1 aromatic heterocycles. The summed E-state index contributed by atoms with van der Waals surface area (Å²) in [5.74, 6) is 0.697. The van der Waals surface area contributed by atoms with E-state index in [-0.39, 0.29) is 0 Å². The molecule has 0 radical (unpaired) electrons. The molecule has 4 nitrogen and oxygen atoms in total. The Morgan fingerprint density at radius 1 is 1.11 bits per heavy atom. The van der Waals surface area contributed by atoms with Crippen LogP contribution in [-0.4, -0.2) is 0 Å². The van der Waals surface area contributed by atoms with Crippen LogP contribution in [0.5, 0.6) is 0 Å². The molecule has 0 unspecified atom stereocenters. The summed E-state index contributed by atoms with van der Waals surface area (Å²) in [5, 5.41) is 21.1. The number of nitrogens with zero attached hydrogens (tertiary/aromatic N) is 2. The monoisotopic (exact) mass is 257 g/mol. The fourth-order valence-electron chi connectivity index (χ4n) is 1.48. The number of nitriles is 2. The van der Waals surface area contributed by atoms with Crippen molar-refractivity contribution in [3.05, 3.63) is 52.4 Å². The molecule has 1 aromatic carbocycles. The maximum atomic E-state index is 8.90. The standard InChI is InChI=1S/C13H8ClN3O/c14-13-4-3-12(18-13)8-17-11-2-1-9(6-15)10(5-11)7-16/h1-5,17H,8H2. The van der Waals surface area contributed by atoms with Gasteiger partial charge in [-0.05, 0) is 41.9 Å². The van der Waals surface area contributed by atoms with Crippen molar-refractivity contribution in [3.8, 4) is 12.1 Å². The summed E-state index contributed by atoms with van der Waals surface area (Å²) in [5.41, 5.74) is 1.46. The predicted octanol–water partition coefficient (Wildman–Crippen LogP) is 3.29. The van der Waals surface area contributed by atoms with E-state index in [1.807, 2.05) is 12.1 Å². The van der Waals surface area contributed by atoms with Gasteiger partial charge in [0.05, 0.1) is 17.7 Å². The molecule has 0 fully saturated rings. The van der Waals surface area contributed by atoms with E-state index in [0.29, 0.717) is 28.7 Å². The molecule has 88 valence electrons. The fourth-order valence-corrected chi connectivity index (χ4v) is 1.64. The van der Waals surface area contributed by atoms with Crippen molar-refractivity contribution in [1.29, 1.82) is 10.5 Å². The minimum atomic E-state index is 0.337. The smallest absolute Gasteiger partial charge is 0.193 e. The van der Waals surface area contributed by atoms with E-state index in [9.17, 15) is 0 Å². The van der Waals surface area contributed by atoms with Gasteiger partial charge in [0.2, 0.25) is 0 Å². The van der Waals surface area contributed by atoms with E-state index in [0.717, 1.165) is 5.69 Å². The molecule has 5 heteroatoms. The van der Waals surface area contributed by atoms with Crippen molar-refractivity contribution in [1.82, 2.24) is 0 Å². The lowest BCUT2D eigenvalue weighted by molar-refractivity contribution is 0.520. The summed E-state index contributed by atoms with van der Waals surface area (Å²) in [6, 6.07) is 12.4. The number of halogens is 1. The number of hydrogen-bond acceptors (Lipinski definition) is 4. The normalized spacial score (nSPS) is 9.50. The highest BCUT2D eigenvalue weighted by molar-refractivity contribution is 6.28. The third-order valence-corrected chi connectivity index (χ3v) is 2.56. The van der Waals surface area contributed by atoms with Crippen LogP contribution in [-0.2, 0) is 6.54 Å². The van der Waals surface area contributed by atoms with Crippen molar-refractivity contribution in [3.63, 3.8) is 0 Å². The Balaban J connectivity index is 2.11. The second-order valence-corrected chi connectivity index (χ2v) is 3.92. The summed E-state index contributed by atoms with van der Waals surface area (Å²) in [4.78, 5) is 0. The minimum absolute atomic E-state index is 0.337. The second-order valence-electron chi connectivity index (χ2n) is 3.54. The van der Waals surface area contributed by atoms with Gasteiger partial charge in [-0.2, -0.15) is 10.5 Å². The molecule has 0 bridgehead atoms. The Morgan fingerprint density at radius 2 is 1.89 bits per heavy atom. The zero-order chi connectivity index (χ0) is 13.0. The van der Waals surface area contributed by atoms with Crippen LogP contribution in [0.15, 0.2) is 34.7 Å². The summed E-state index contributed by atoms with van der Waals surface area (Å²) >= 11 is 5.66. The van der Waals surface area contributed by atoms with Crippen LogP contribution in [0.25, 0.3) is 0 Å². The summed E-state index contributed by atoms with van der Waals surface area (Å²) in [6.07, 6.45) is 0. The van der Waals surface area contributed by atoms with E-state index in [1.165, 1.54) is 0 Å². The third-order valence-electron chi connectivity index (χ3n) is 2.36. The maximum absolute atomic E-state index is 8.90. The first-order valence-electron chi connectivity index (χ1n) is 5.15. The lowest BCUT2D eigenvalue weighted by atomic mass is 10.1. The highest BCUT2D eigenvalue weighted by Crippen LogP contribution is 2.17. The van der Waals surface area contributed by atoms with Crippen LogP contribution in [0.4, 0.5) is 5.69 Å². The van der Waals surface area contributed by atoms with Gasteiger partial charge in [-0.1, -0.05) is 0 Å². The van der Waals surface area contributed by atoms with Crippen molar-refractivity contribution in [2.45, 2.75) is 6.54 Å². The van der Waals surface area contributed by atoms with Gasteiger partial charge in [0, 0.05) is 5.69 Å².